The fourth-order valence-electron chi connectivity index (χ4n) is 3.87. The van der Waals surface area contributed by atoms with Crippen LogP contribution in [0.25, 0.3) is 44.6 Å². The molecule has 0 N–H and O–H groups in total. The Bertz CT molecular complexity index is 1720. The van der Waals surface area contributed by atoms with Crippen molar-refractivity contribution >= 4 is 35.3 Å². The van der Waals surface area contributed by atoms with Crippen LogP contribution in [0, 0.1) is 19.0 Å². The van der Waals surface area contributed by atoms with Crippen molar-refractivity contribution in [2.45, 2.75) is 26.5 Å². The molecule has 0 atom stereocenters. The molecule has 0 aliphatic carbocycles. The van der Waals surface area contributed by atoms with Crippen LogP contribution in [0.1, 0.15) is 9.81 Å². The molecule has 6 aromatic rings. The third kappa shape index (κ3) is 5.94. The van der Waals surface area contributed by atoms with E-state index in [0.717, 1.165) is 33.3 Å². The Hall–Kier alpha value is -3.44. The van der Waals surface area contributed by atoms with Gasteiger partial charge in [0.2, 0.25) is 5.71 Å². The first-order valence-electron chi connectivity index (χ1n) is 13.2. The SMILES string of the molecule is C[Si](C)(C)c1ccc(-c2[c-]cccc2)nc1.[2H]C([2H])([2H])c1ccc2c(n1)oc1c(-c3ccccn3)[c-]ccc12.[Ir]. The summed E-state index contributed by atoms with van der Waals surface area (Å²) < 4.78 is 28.3. The maximum absolute atomic E-state index is 7.47. The van der Waals surface area contributed by atoms with Gasteiger partial charge in [-0.15, -0.1) is 54.1 Å². The summed E-state index contributed by atoms with van der Waals surface area (Å²) in [5, 5.41) is 3.04. The molecule has 0 saturated carbocycles. The van der Waals surface area contributed by atoms with Gasteiger partial charge in [0.05, 0.1) is 13.7 Å². The second-order valence-electron chi connectivity index (χ2n) is 9.42. The smallest absolute Gasteiger partial charge is 0.216 e. The summed E-state index contributed by atoms with van der Waals surface area (Å²) in [5.41, 5.74) is 4.48. The molecule has 187 valence electrons. The Labute approximate surface area is 236 Å². The van der Waals surface area contributed by atoms with Gasteiger partial charge in [-0.2, -0.15) is 0 Å². The van der Waals surface area contributed by atoms with Crippen LogP contribution in [0.15, 0.2) is 95.7 Å². The number of furan rings is 1. The van der Waals surface area contributed by atoms with Crippen molar-refractivity contribution in [1.29, 1.82) is 0 Å². The van der Waals surface area contributed by atoms with E-state index in [1.54, 1.807) is 18.3 Å². The largest absolute Gasteiger partial charge is 0.486 e. The quantitative estimate of drug-likeness (QED) is 0.146. The molecule has 6 heteroatoms. The predicted molar refractivity (Wildman–Crippen MR) is 150 cm³/mol. The fraction of sp³-hybridized carbons (Fsp3) is 0.129. The molecule has 4 heterocycles. The van der Waals surface area contributed by atoms with Crippen molar-refractivity contribution in [3.63, 3.8) is 0 Å². The molecule has 0 aliphatic heterocycles. The maximum atomic E-state index is 7.47. The van der Waals surface area contributed by atoms with E-state index in [2.05, 4.69) is 58.9 Å². The minimum absolute atomic E-state index is 0. The zero-order chi connectivity index (χ0) is 27.6. The second-order valence-corrected chi connectivity index (χ2v) is 14.5. The molecule has 4 aromatic heterocycles. The first kappa shape index (κ1) is 22.7. The van der Waals surface area contributed by atoms with E-state index in [1.165, 1.54) is 11.3 Å². The van der Waals surface area contributed by atoms with Crippen molar-refractivity contribution in [3.8, 4) is 22.5 Å². The number of hydrogen-bond donors (Lipinski definition) is 0. The van der Waals surface area contributed by atoms with Crippen molar-refractivity contribution < 1.29 is 28.6 Å². The van der Waals surface area contributed by atoms with Gasteiger partial charge in [-0.25, -0.2) is 4.98 Å². The Morgan fingerprint density at radius 3 is 2.35 bits per heavy atom. The van der Waals surface area contributed by atoms with Gasteiger partial charge >= 0.3 is 0 Å². The number of pyridine rings is 3. The van der Waals surface area contributed by atoms with Crippen molar-refractivity contribution in [2.75, 3.05) is 0 Å². The van der Waals surface area contributed by atoms with Crippen molar-refractivity contribution in [3.05, 3.63) is 109 Å². The van der Waals surface area contributed by atoms with Crippen LogP contribution < -0.4 is 5.19 Å². The topological polar surface area (TPSA) is 51.8 Å². The van der Waals surface area contributed by atoms with E-state index >= 15 is 0 Å². The van der Waals surface area contributed by atoms with Gasteiger partial charge < -0.3 is 14.4 Å². The molecule has 1 radical (unpaired) electrons. The van der Waals surface area contributed by atoms with E-state index in [1.807, 2.05) is 54.7 Å². The van der Waals surface area contributed by atoms with E-state index in [-0.39, 0.29) is 25.8 Å². The fourth-order valence-corrected chi connectivity index (χ4v) is 4.91. The van der Waals surface area contributed by atoms with Crippen LogP contribution in [0.2, 0.25) is 19.6 Å². The number of aromatic nitrogens is 3. The molecule has 0 bridgehead atoms. The van der Waals surface area contributed by atoms with Gasteiger partial charge in [0.15, 0.2) is 0 Å². The van der Waals surface area contributed by atoms with Crippen LogP contribution in [-0.4, -0.2) is 23.0 Å². The average molecular weight is 681 g/mol. The predicted octanol–water partition coefficient (Wildman–Crippen LogP) is 7.24. The first-order chi connectivity index (χ1) is 18.6. The zero-order valence-electron chi connectivity index (χ0n) is 23.7. The molecule has 0 spiro atoms. The summed E-state index contributed by atoms with van der Waals surface area (Å²) in [7, 11) is -1.23. The molecule has 4 nitrogen and oxygen atoms in total. The Kier molecular flexibility index (Phi) is 6.94. The molecule has 6 rings (SSSR count). The van der Waals surface area contributed by atoms with Crippen molar-refractivity contribution in [1.82, 2.24) is 15.0 Å². The molecule has 37 heavy (non-hydrogen) atoms. The average Bonchev–Trinajstić information content (AvgIpc) is 3.32. The number of hydrogen-bond acceptors (Lipinski definition) is 4. The van der Waals surface area contributed by atoms with E-state index in [0.29, 0.717) is 11.3 Å². The number of aryl methyl sites for hydroxylation is 1. The van der Waals surface area contributed by atoms with Gasteiger partial charge in [-0.1, -0.05) is 54.9 Å². The number of benzene rings is 2. The van der Waals surface area contributed by atoms with Gasteiger partial charge in [-0.3, -0.25) is 0 Å². The van der Waals surface area contributed by atoms with Crippen LogP contribution in [-0.2, 0) is 20.1 Å². The normalized spacial score (nSPS) is 12.6. The van der Waals surface area contributed by atoms with Gasteiger partial charge in [-0.05, 0) is 41.6 Å². The molecular weight excluding hydrogens is 651 g/mol. The monoisotopic (exact) mass is 681 g/mol. The van der Waals surface area contributed by atoms with Crippen LogP contribution >= 0.6 is 0 Å². The summed E-state index contributed by atoms with van der Waals surface area (Å²) in [6.45, 7) is 4.73. The van der Waals surface area contributed by atoms with Gasteiger partial charge in [0, 0.05) is 47.7 Å². The van der Waals surface area contributed by atoms with E-state index in [9.17, 15) is 0 Å². The summed E-state index contributed by atoms with van der Waals surface area (Å²) >= 11 is 0. The number of fused-ring (bicyclic) bond motifs is 3. The Morgan fingerprint density at radius 1 is 0.811 bits per heavy atom. The Balaban J connectivity index is 0.000000192. The number of nitrogens with zero attached hydrogens (tertiary/aromatic N) is 3. The van der Waals surface area contributed by atoms with Crippen LogP contribution in [0.3, 0.4) is 0 Å². The summed E-state index contributed by atoms with van der Waals surface area (Å²) in [6.07, 6.45) is 3.72. The minimum atomic E-state index is -2.26. The second kappa shape index (κ2) is 11.3. The molecule has 0 amide bonds. The van der Waals surface area contributed by atoms with Gasteiger partial charge in [0.25, 0.3) is 0 Å². The van der Waals surface area contributed by atoms with E-state index in [4.69, 9.17) is 8.53 Å². The molecule has 0 unspecified atom stereocenters. The zero-order valence-corrected chi connectivity index (χ0v) is 24.1. The number of rotatable bonds is 3. The van der Waals surface area contributed by atoms with E-state index < -0.39 is 14.9 Å². The molecule has 2 aromatic carbocycles. The van der Waals surface area contributed by atoms with Crippen molar-refractivity contribution in [2.24, 2.45) is 0 Å². The van der Waals surface area contributed by atoms with Crippen LogP contribution in [0.5, 0.6) is 0 Å². The Morgan fingerprint density at radius 2 is 1.68 bits per heavy atom. The van der Waals surface area contributed by atoms with Crippen LogP contribution in [0.4, 0.5) is 0 Å². The summed E-state index contributed by atoms with van der Waals surface area (Å²) in [6, 6.07) is 31.1. The maximum Gasteiger partial charge on any atom is 0.216 e. The summed E-state index contributed by atoms with van der Waals surface area (Å²) in [5.74, 6) is 0. The molecular formula is C31H27IrN3OSi-2. The third-order valence-electron chi connectivity index (χ3n) is 5.83. The van der Waals surface area contributed by atoms with Gasteiger partial charge in [0.1, 0.15) is 0 Å². The molecule has 0 fully saturated rings. The first-order valence-corrected chi connectivity index (χ1v) is 15.2. The third-order valence-corrected chi connectivity index (χ3v) is 7.86. The minimum Gasteiger partial charge on any atom is -0.486 e. The molecule has 0 aliphatic rings. The molecule has 0 saturated heterocycles. The standard InChI is InChI=1S/C17H11N2O.C14H16NSi.Ir/c1-11-8-9-13-12-5-4-6-14(15-7-2-3-10-18-15)16(12)20-17(13)19-11;1-16(2,3)13-9-10-14(15-11-13)12-7-5-4-6-8-12;/h2-5,7-10H,1H3;4-7,9-11H,1-3H3;/q2*-1;/i1D3;;. The summed E-state index contributed by atoms with van der Waals surface area (Å²) in [4.78, 5) is 13.0.